The number of nitro groups is 1. The standard InChI is InChI=1S/C22H16N4O4/c1-14(27)25-20-12-9-17(13-19(20)21(24-25)15-5-3-2-4-6-15)23-22(28)16-7-10-18(11-8-16)26(29)30/h2-13H,1H3,(H,23,28). The van der Waals surface area contributed by atoms with Crippen molar-refractivity contribution in [3.63, 3.8) is 0 Å². The predicted octanol–water partition coefficient (Wildman–Crippen LogP) is 4.52. The number of anilines is 1. The van der Waals surface area contributed by atoms with Gasteiger partial charge in [-0.1, -0.05) is 30.3 Å². The van der Waals surface area contributed by atoms with Gasteiger partial charge in [-0.3, -0.25) is 19.7 Å². The van der Waals surface area contributed by atoms with Crippen molar-refractivity contribution in [2.24, 2.45) is 0 Å². The fourth-order valence-electron chi connectivity index (χ4n) is 3.18. The minimum Gasteiger partial charge on any atom is -0.322 e. The first-order valence-electron chi connectivity index (χ1n) is 9.09. The summed E-state index contributed by atoms with van der Waals surface area (Å²) in [7, 11) is 0. The van der Waals surface area contributed by atoms with Crippen LogP contribution in [0.5, 0.6) is 0 Å². The van der Waals surface area contributed by atoms with Gasteiger partial charge in [0.05, 0.1) is 10.4 Å². The van der Waals surface area contributed by atoms with Gasteiger partial charge in [-0.2, -0.15) is 9.78 Å². The van der Waals surface area contributed by atoms with E-state index in [1.165, 1.54) is 35.9 Å². The van der Waals surface area contributed by atoms with Crippen molar-refractivity contribution in [2.45, 2.75) is 6.92 Å². The van der Waals surface area contributed by atoms with E-state index in [4.69, 9.17) is 0 Å². The Kier molecular flexibility index (Phi) is 4.81. The Morgan fingerprint density at radius 2 is 1.70 bits per heavy atom. The summed E-state index contributed by atoms with van der Waals surface area (Å²) in [5.41, 5.74) is 2.84. The molecule has 0 aliphatic carbocycles. The summed E-state index contributed by atoms with van der Waals surface area (Å²) in [6, 6.07) is 20.0. The van der Waals surface area contributed by atoms with Gasteiger partial charge in [0.2, 0.25) is 5.91 Å². The summed E-state index contributed by atoms with van der Waals surface area (Å²) in [4.78, 5) is 34.8. The molecule has 1 N–H and O–H groups in total. The fraction of sp³-hybridized carbons (Fsp3) is 0.0455. The van der Waals surface area contributed by atoms with E-state index in [1.54, 1.807) is 18.2 Å². The van der Waals surface area contributed by atoms with E-state index in [9.17, 15) is 19.7 Å². The van der Waals surface area contributed by atoms with Gasteiger partial charge in [-0.25, -0.2) is 0 Å². The second-order valence-electron chi connectivity index (χ2n) is 6.64. The number of nitro benzene ring substituents is 1. The van der Waals surface area contributed by atoms with Gasteiger partial charge in [0, 0.05) is 41.3 Å². The molecule has 148 valence electrons. The molecule has 8 nitrogen and oxygen atoms in total. The third-order valence-electron chi connectivity index (χ3n) is 4.62. The molecule has 0 bridgehead atoms. The predicted molar refractivity (Wildman–Crippen MR) is 113 cm³/mol. The molecule has 0 aliphatic heterocycles. The summed E-state index contributed by atoms with van der Waals surface area (Å²) in [5, 5.41) is 18.7. The SMILES string of the molecule is CC(=O)n1nc(-c2ccccc2)c2cc(NC(=O)c3ccc([N+](=O)[O-])cc3)ccc21. The molecule has 3 aromatic carbocycles. The van der Waals surface area contributed by atoms with Crippen molar-refractivity contribution in [1.82, 2.24) is 9.78 Å². The number of fused-ring (bicyclic) bond motifs is 1. The lowest BCUT2D eigenvalue weighted by Gasteiger charge is -2.06. The molecule has 0 radical (unpaired) electrons. The maximum Gasteiger partial charge on any atom is 0.269 e. The van der Waals surface area contributed by atoms with Crippen molar-refractivity contribution in [1.29, 1.82) is 0 Å². The molecule has 0 saturated heterocycles. The lowest BCUT2D eigenvalue weighted by Crippen LogP contribution is -2.12. The van der Waals surface area contributed by atoms with Crippen molar-refractivity contribution in [3.05, 3.63) is 88.5 Å². The van der Waals surface area contributed by atoms with Gasteiger partial charge in [0.15, 0.2) is 0 Å². The van der Waals surface area contributed by atoms with E-state index < -0.39 is 10.8 Å². The van der Waals surface area contributed by atoms with Crippen LogP contribution in [0, 0.1) is 10.1 Å². The van der Waals surface area contributed by atoms with E-state index in [1.807, 2.05) is 30.3 Å². The Bertz CT molecular complexity index is 1280. The summed E-state index contributed by atoms with van der Waals surface area (Å²) < 4.78 is 1.33. The number of nitrogens with one attached hydrogen (secondary N) is 1. The fourth-order valence-corrected chi connectivity index (χ4v) is 3.18. The number of hydrogen-bond acceptors (Lipinski definition) is 5. The summed E-state index contributed by atoms with van der Waals surface area (Å²) in [6.07, 6.45) is 0. The first-order chi connectivity index (χ1) is 14.4. The highest BCUT2D eigenvalue weighted by molar-refractivity contribution is 6.06. The number of benzene rings is 3. The molecule has 1 aromatic heterocycles. The number of nitrogens with zero attached hydrogens (tertiary/aromatic N) is 3. The number of aromatic nitrogens is 2. The smallest absolute Gasteiger partial charge is 0.269 e. The van der Waals surface area contributed by atoms with Gasteiger partial charge in [0.1, 0.15) is 5.69 Å². The molecule has 1 heterocycles. The molecule has 4 rings (SSSR count). The van der Waals surface area contributed by atoms with Crippen LogP contribution in [0.25, 0.3) is 22.2 Å². The van der Waals surface area contributed by atoms with Crippen LogP contribution in [0.2, 0.25) is 0 Å². The Morgan fingerprint density at radius 1 is 1.00 bits per heavy atom. The van der Waals surface area contributed by atoms with Crippen LogP contribution in [0.1, 0.15) is 22.1 Å². The van der Waals surface area contributed by atoms with Crippen LogP contribution in [-0.4, -0.2) is 26.5 Å². The van der Waals surface area contributed by atoms with E-state index in [0.29, 0.717) is 22.5 Å². The summed E-state index contributed by atoms with van der Waals surface area (Å²) in [5.74, 6) is -0.616. The molecular formula is C22H16N4O4. The molecule has 30 heavy (non-hydrogen) atoms. The zero-order chi connectivity index (χ0) is 21.3. The average Bonchev–Trinajstić information content (AvgIpc) is 3.13. The molecule has 0 atom stereocenters. The normalized spacial score (nSPS) is 10.7. The molecule has 4 aromatic rings. The number of amides is 1. The Balaban J connectivity index is 1.71. The second-order valence-corrected chi connectivity index (χ2v) is 6.64. The van der Waals surface area contributed by atoms with E-state index >= 15 is 0 Å². The molecule has 1 amide bonds. The van der Waals surface area contributed by atoms with E-state index in [-0.39, 0.29) is 11.6 Å². The van der Waals surface area contributed by atoms with Gasteiger partial charge >= 0.3 is 0 Å². The minimum atomic E-state index is -0.520. The van der Waals surface area contributed by atoms with Crippen molar-refractivity contribution >= 4 is 34.1 Å². The average molecular weight is 400 g/mol. The van der Waals surface area contributed by atoms with Crippen LogP contribution in [0.15, 0.2) is 72.8 Å². The maximum absolute atomic E-state index is 12.5. The number of rotatable bonds is 4. The first-order valence-corrected chi connectivity index (χ1v) is 9.09. The Morgan fingerprint density at radius 3 is 2.33 bits per heavy atom. The lowest BCUT2D eigenvalue weighted by molar-refractivity contribution is -0.384. The second kappa shape index (κ2) is 7.59. The third-order valence-corrected chi connectivity index (χ3v) is 4.62. The van der Waals surface area contributed by atoms with Crippen molar-refractivity contribution in [2.75, 3.05) is 5.32 Å². The summed E-state index contributed by atoms with van der Waals surface area (Å²) in [6.45, 7) is 1.44. The Labute approximate surface area is 170 Å². The van der Waals surface area contributed by atoms with Gasteiger partial charge in [-0.15, -0.1) is 0 Å². The molecule has 0 spiro atoms. The monoisotopic (exact) mass is 400 g/mol. The zero-order valence-electron chi connectivity index (χ0n) is 15.9. The topological polar surface area (TPSA) is 107 Å². The van der Waals surface area contributed by atoms with Crippen LogP contribution >= 0.6 is 0 Å². The minimum absolute atomic E-state index is 0.0860. The number of carbonyl (C=O) groups is 2. The highest BCUT2D eigenvalue weighted by Gasteiger charge is 2.16. The van der Waals surface area contributed by atoms with Crippen LogP contribution in [0.3, 0.4) is 0 Å². The molecule has 0 unspecified atom stereocenters. The van der Waals surface area contributed by atoms with E-state index in [2.05, 4.69) is 10.4 Å². The molecule has 0 fully saturated rings. The maximum atomic E-state index is 12.5. The quantitative estimate of drug-likeness (QED) is 0.400. The van der Waals surface area contributed by atoms with Crippen molar-refractivity contribution in [3.8, 4) is 11.3 Å². The van der Waals surface area contributed by atoms with Crippen LogP contribution in [-0.2, 0) is 0 Å². The van der Waals surface area contributed by atoms with Gasteiger partial charge < -0.3 is 5.32 Å². The molecule has 0 saturated carbocycles. The van der Waals surface area contributed by atoms with Crippen LogP contribution < -0.4 is 5.32 Å². The van der Waals surface area contributed by atoms with Crippen LogP contribution in [0.4, 0.5) is 11.4 Å². The molecule has 0 aliphatic rings. The highest BCUT2D eigenvalue weighted by atomic mass is 16.6. The van der Waals surface area contributed by atoms with Gasteiger partial charge in [-0.05, 0) is 30.3 Å². The highest BCUT2D eigenvalue weighted by Crippen LogP contribution is 2.30. The van der Waals surface area contributed by atoms with Crippen molar-refractivity contribution < 1.29 is 14.5 Å². The molecule has 8 heteroatoms. The summed E-state index contributed by atoms with van der Waals surface area (Å²) >= 11 is 0. The lowest BCUT2D eigenvalue weighted by atomic mass is 10.1. The third kappa shape index (κ3) is 3.53. The zero-order valence-corrected chi connectivity index (χ0v) is 15.9. The number of hydrogen-bond donors (Lipinski definition) is 1. The number of non-ortho nitro benzene ring substituents is 1. The largest absolute Gasteiger partial charge is 0.322 e. The first kappa shape index (κ1) is 19.0. The Hall–Kier alpha value is -4.33. The van der Waals surface area contributed by atoms with E-state index in [0.717, 1.165) is 10.9 Å². The number of carbonyl (C=O) groups excluding carboxylic acids is 2. The van der Waals surface area contributed by atoms with Gasteiger partial charge in [0.25, 0.3) is 11.6 Å². The molecular weight excluding hydrogens is 384 g/mol.